The molecular weight excluding hydrogens is 234 g/mol. The van der Waals surface area contributed by atoms with Gasteiger partial charge in [-0.05, 0) is 36.6 Å². The summed E-state index contributed by atoms with van der Waals surface area (Å²) < 4.78 is 0. The van der Waals surface area contributed by atoms with Crippen LogP contribution in [0.15, 0.2) is 42.5 Å². The molecule has 0 fully saturated rings. The Morgan fingerprint density at radius 3 is 2.74 bits per heavy atom. The van der Waals surface area contributed by atoms with Crippen LogP contribution in [0.2, 0.25) is 0 Å². The third-order valence-corrected chi connectivity index (χ3v) is 3.69. The first kappa shape index (κ1) is 11.8. The molecule has 1 heterocycles. The highest BCUT2D eigenvalue weighted by molar-refractivity contribution is 6.02. The third-order valence-electron chi connectivity index (χ3n) is 3.69. The van der Waals surface area contributed by atoms with Crippen LogP contribution < -0.4 is 10.6 Å². The Balaban J connectivity index is 2.17. The highest BCUT2D eigenvalue weighted by atomic mass is 15.2. The standard InChI is InChI=1S/C16H17N3/c1-11-5-4-7-13(16(17)18)15(11)19-10-9-12-6-2-3-8-14(12)19/h2-8H,9-10H2,1H3,(H3,17,18). The summed E-state index contributed by atoms with van der Waals surface area (Å²) in [5.41, 5.74) is 11.4. The second-order valence-electron chi connectivity index (χ2n) is 4.92. The van der Waals surface area contributed by atoms with E-state index in [0.717, 1.165) is 29.8 Å². The molecule has 0 radical (unpaired) electrons. The van der Waals surface area contributed by atoms with Crippen molar-refractivity contribution in [1.29, 1.82) is 5.41 Å². The van der Waals surface area contributed by atoms with Gasteiger partial charge in [0.2, 0.25) is 0 Å². The van der Waals surface area contributed by atoms with Gasteiger partial charge in [-0.3, -0.25) is 5.41 Å². The van der Waals surface area contributed by atoms with Gasteiger partial charge in [0, 0.05) is 17.8 Å². The lowest BCUT2D eigenvalue weighted by atomic mass is 10.1. The van der Waals surface area contributed by atoms with Crippen molar-refractivity contribution in [1.82, 2.24) is 0 Å². The number of nitrogens with zero attached hydrogens (tertiary/aromatic N) is 1. The molecule has 2 aromatic carbocycles. The molecule has 0 atom stereocenters. The van der Waals surface area contributed by atoms with Gasteiger partial charge in [0.1, 0.15) is 5.84 Å². The number of fused-ring (bicyclic) bond motifs is 1. The largest absolute Gasteiger partial charge is 0.384 e. The van der Waals surface area contributed by atoms with E-state index >= 15 is 0 Å². The minimum Gasteiger partial charge on any atom is -0.384 e. The number of nitrogens with one attached hydrogen (secondary N) is 1. The Morgan fingerprint density at radius 2 is 1.95 bits per heavy atom. The minimum atomic E-state index is 0.128. The first-order valence-electron chi connectivity index (χ1n) is 6.48. The van der Waals surface area contributed by atoms with Crippen LogP contribution in [0.5, 0.6) is 0 Å². The van der Waals surface area contributed by atoms with E-state index < -0.39 is 0 Å². The smallest absolute Gasteiger partial charge is 0.124 e. The molecule has 0 unspecified atom stereocenters. The maximum Gasteiger partial charge on any atom is 0.124 e. The molecule has 3 nitrogen and oxygen atoms in total. The van der Waals surface area contributed by atoms with Crippen molar-refractivity contribution in [3.63, 3.8) is 0 Å². The van der Waals surface area contributed by atoms with Crippen LogP contribution in [-0.2, 0) is 6.42 Å². The molecule has 0 saturated carbocycles. The van der Waals surface area contributed by atoms with Gasteiger partial charge in [-0.25, -0.2) is 0 Å². The van der Waals surface area contributed by atoms with Crippen molar-refractivity contribution in [3.8, 4) is 0 Å². The van der Waals surface area contributed by atoms with Gasteiger partial charge in [-0.2, -0.15) is 0 Å². The van der Waals surface area contributed by atoms with Gasteiger partial charge < -0.3 is 10.6 Å². The van der Waals surface area contributed by atoms with E-state index in [1.807, 2.05) is 12.1 Å². The molecule has 1 aliphatic rings. The van der Waals surface area contributed by atoms with Crippen LogP contribution in [0.4, 0.5) is 11.4 Å². The van der Waals surface area contributed by atoms with Gasteiger partial charge >= 0.3 is 0 Å². The zero-order valence-corrected chi connectivity index (χ0v) is 11.0. The molecule has 0 amide bonds. The zero-order chi connectivity index (χ0) is 13.4. The van der Waals surface area contributed by atoms with Crippen LogP contribution in [0.3, 0.4) is 0 Å². The molecule has 0 spiro atoms. The Bertz CT molecular complexity index is 646. The lowest BCUT2D eigenvalue weighted by Crippen LogP contribution is -2.21. The van der Waals surface area contributed by atoms with E-state index in [0.29, 0.717) is 0 Å². The fourth-order valence-electron chi connectivity index (χ4n) is 2.81. The minimum absolute atomic E-state index is 0.128. The van der Waals surface area contributed by atoms with Crippen LogP contribution in [0.25, 0.3) is 0 Å². The summed E-state index contributed by atoms with van der Waals surface area (Å²) in [5, 5.41) is 7.77. The maximum absolute atomic E-state index is 7.77. The number of para-hydroxylation sites is 2. The number of nitrogens with two attached hydrogens (primary N) is 1. The van der Waals surface area contributed by atoms with E-state index in [4.69, 9.17) is 11.1 Å². The molecule has 1 aliphatic heterocycles. The van der Waals surface area contributed by atoms with Gasteiger partial charge in [0.15, 0.2) is 0 Å². The third kappa shape index (κ3) is 1.87. The summed E-state index contributed by atoms with van der Waals surface area (Å²) in [5.74, 6) is 0.128. The van der Waals surface area contributed by atoms with E-state index in [-0.39, 0.29) is 5.84 Å². The number of amidine groups is 1. The number of anilines is 2. The Kier molecular flexibility index (Phi) is 2.75. The average molecular weight is 251 g/mol. The quantitative estimate of drug-likeness (QED) is 0.637. The number of aryl methyl sites for hydroxylation is 1. The van der Waals surface area contributed by atoms with Crippen molar-refractivity contribution in [2.45, 2.75) is 13.3 Å². The molecule has 0 aromatic heterocycles. The van der Waals surface area contributed by atoms with Crippen LogP contribution in [0.1, 0.15) is 16.7 Å². The summed E-state index contributed by atoms with van der Waals surface area (Å²) in [4.78, 5) is 2.28. The van der Waals surface area contributed by atoms with Crippen LogP contribution in [0, 0.1) is 12.3 Å². The number of rotatable bonds is 2. The van der Waals surface area contributed by atoms with Crippen molar-refractivity contribution in [2.75, 3.05) is 11.4 Å². The summed E-state index contributed by atoms with van der Waals surface area (Å²) in [6, 6.07) is 14.4. The summed E-state index contributed by atoms with van der Waals surface area (Å²) in [6.07, 6.45) is 1.04. The van der Waals surface area contributed by atoms with Crippen molar-refractivity contribution < 1.29 is 0 Å². The summed E-state index contributed by atoms with van der Waals surface area (Å²) >= 11 is 0. The van der Waals surface area contributed by atoms with Gasteiger partial charge in [0.25, 0.3) is 0 Å². The zero-order valence-electron chi connectivity index (χ0n) is 11.0. The number of hydrogen-bond donors (Lipinski definition) is 2. The second-order valence-corrected chi connectivity index (χ2v) is 4.92. The topological polar surface area (TPSA) is 53.1 Å². The molecule has 96 valence electrons. The molecule has 0 aliphatic carbocycles. The number of hydrogen-bond acceptors (Lipinski definition) is 2. The maximum atomic E-state index is 7.77. The average Bonchev–Trinajstić information content (AvgIpc) is 2.82. The fourth-order valence-corrected chi connectivity index (χ4v) is 2.81. The normalized spacial score (nSPS) is 13.4. The number of nitrogen functional groups attached to an aromatic ring is 1. The predicted molar refractivity (Wildman–Crippen MR) is 79.3 cm³/mol. The first-order chi connectivity index (χ1) is 9.18. The van der Waals surface area contributed by atoms with E-state index in [2.05, 4.69) is 42.2 Å². The highest BCUT2D eigenvalue weighted by Crippen LogP contribution is 2.37. The molecule has 3 N–H and O–H groups in total. The molecule has 0 bridgehead atoms. The fraction of sp³-hybridized carbons (Fsp3) is 0.188. The molecule has 2 aromatic rings. The monoisotopic (exact) mass is 251 g/mol. The predicted octanol–water partition coefficient (Wildman–Crippen LogP) is 2.97. The molecular formula is C16H17N3. The SMILES string of the molecule is Cc1cccc(C(=N)N)c1N1CCc2ccccc21. The van der Waals surface area contributed by atoms with Gasteiger partial charge in [-0.1, -0.05) is 30.3 Å². The Labute approximate surface area is 113 Å². The second kappa shape index (κ2) is 4.43. The van der Waals surface area contributed by atoms with Crippen LogP contribution in [-0.4, -0.2) is 12.4 Å². The molecule has 3 rings (SSSR count). The van der Waals surface area contributed by atoms with Crippen molar-refractivity contribution in [2.24, 2.45) is 5.73 Å². The van der Waals surface area contributed by atoms with Crippen LogP contribution >= 0.6 is 0 Å². The van der Waals surface area contributed by atoms with E-state index in [1.165, 1.54) is 11.3 Å². The Hall–Kier alpha value is -2.29. The summed E-state index contributed by atoms with van der Waals surface area (Å²) in [6.45, 7) is 3.02. The van der Waals surface area contributed by atoms with Crippen molar-refractivity contribution in [3.05, 3.63) is 59.2 Å². The van der Waals surface area contributed by atoms with Gasteiger partial charge in [-0.15, -0.1) is 0 Å². The lowest BCUT2D eigenvalue weighted by molar-refractivity contribution is 0.991. The van der Waals surface area contributed by atoms with Gasteiger partial charge in [0.05, 0.1) is 5.69 Å². The first-order valence-corrected chi connectivity index (χ1v) is 6.48. The molecule has 0 saturated heterocycles. The summed E-state index contributed by atoms with van der Waals surface area (Å²) in [7, 11) is 0. The number of benzene rings is 2. The highest BCUT2D eigenvalue weighted by Gasteiger charge is 2.23. The molecule has 3 heteroatoms. The Morgan fingerprint density at radius 1 is 1.16 bits per heavy atom. The van der Waals surface area contributed by atoms with E-state index in [1.54, 1.807) is 0 Å². The lowest BCUT2D eigenvalue weighted by Gasteiger charge is -2.24. The molecule has 19 heavy (non-hydrogen) atoms. The van der Waals surface area contributed by atoms with Crippen molar-refractivity contribution >= 4 is 17.2 Å². The van der Waals surface area contributed by atoms with E-state index in [9.17, 15) is 0 Å².